The van der Waals surface area contributed by atoms with Gasteiger partial charge in [-0.1, -0.05) is 18.2 Å². The second-order valence-corrected chi connectivity index (χ2v) is 6.49. The van der Waals surface area contributed by atoms with E-state index in [1.165, 1.54) is 11.3 Å². The van der Waals surface area contributed by atoms with Gasteiger partial charge in [-0.3, -0.25) is 4.79 Å². The number of thiazole rings is 1. The van der Waals surface area contributed by atoms with Crippen LogP contribution in [0.4, 0.5) is 0 Å². The van der Waals surface area contributed by atoms with E-state index in [0.717, 1.165) is 15.6 Å². The Hall–Kier alpha value is -2.60. The number of benzene rings is 1. The minimum atomic E-state index is -0.113. The van der Waals surface area contributed by atoms with Gasteiger partial charge in [0.05, 0.1) is 12.8 Å². The number of ether oxygens (including phenoxy) is 1. The number of furan rings is 1. The van der Waals surface area contributed by atoms with Crippen molar-refractivity contribution in [3.63, 3.8) is 0 Å². The molecule has 1 amide bonds. The molecule has 2 aromatic heterocycles. The van der Waals surface area contributed by atoms with Crippen molar-refractivity contribution in [3.05, 3.63) is 59.3 Å². The van der Waals surface area contributed by atoms with E-state index < -0.39 is 0 Å². The summed E-state index contributed by atoms with van der Waals surface area (Å²) in [5.74, 6) is 1.36. The Kier molecular flexibility index (Phi) is 4.96. The van der Waals surface area contributed by atoms with Gasteiger partial charge in [-0.15, -0.1) is 11.3 Å². The number of carbonyl (C=O) groups excluding carboxylic acids is 1. The summed E-state index contributed by atoms with van der Waals surface area (Å²) in [6.45, 7) is 2.81. The molecule has 0 unspecified atom stereocenters. The zero-order valence-corrected chi connectivity index (χ0v) is 14.4. The van der Waals surface area contributed by atoms with Crippen molar-refractivity contribution in [1.29, 1.82) is 0 Å². The Labute approximate surface area is 144 Å². The smallest absolute Gasteiger partial charge is 0.273 e. The van der Waals surface area contributed by atoms with E-state index in [0.29, 0.717) is 24.6 Å². The summed E-state index contributed by atoms with van der Waals surface area (Å²) in [7, 11) is 1.75. The molecule has 124 valence electrons. The molecule has 0 N–H and O–H groups in total. The number of amides is 1. The van der Waals surface area contributed by atoms with Gasteiger partial charge in [0.25, 0.3) is 5.91 Å². The van der Waals surface area contributed by atoms with Crippen LogP contribution in [-0.4, -0.2) is 36.0 Å². The summed E-state index contributed by atoms with van der Waals surface area (Å²) in [5.41, 5.74) is 0.466. The van der Waals surface area contributed by atoms with E-state index in [1.54, 1.807) is 24.3 Å². The molecule has 0 radical (unpaired) electrons. The second-order valence-electron chi connectivity index (χ2n) is 5.29. The molecule has 0 saturated heterocycles. The van der Waals surface area contributed by atoms with Gasteiger partial charge >= 0.3 is 0 Å². The first-order chi connectivity index (χ1) is 11.6. The SMILES string of the molecule is Cc1sc(-c2ccco2)nc1C(=O)N(C)CCOc1ccccc1. The first-order valence-corrected chi connectivity index (χ1v) is 8.41. The lowest BCUT2D eigenvalue weighted by Crippen LogP contribution is -2.31. The fourth-order valence-electron chi connectivity index (χ4n) is 2.20. The average molecular weight is 342 g/mol. The molecule has 0 bridgehead atoms. The van der Waals surface area contributed by atoms with Crippen LogP contribution in [0.1, 0.15) is 15.4 Å². The van der Waals surface area contributed by atoms with Gasteiger partial charge in [-0.05, 0) is 31.2 Å². The summed E-state index contributed by atoms with van der Waals surface area (Å²) >= 11 is 1.45. The van der Waals surface area contributed by atoms with E-state index in [2.05, 4.69) is 4.98 Å². The van der Waals surface area contributed by atoms with Gasteiger partial charge in [0.15, 0.2) is 10.8 Å². The molecule has 0 aliphatic heterocycles. The summed E-state index contributed by atoms with van der Waals surface area (Å²) in [6.07, 6.45) is 1.60. The molecule has 0 atom stereocenters. The molecule has 0 aliphatic carbocycles. The number of aryl methyl sites for hydroxylation is 1. The maximum atomic E-state index is 12.6. The number of carbonyl (C=O) groups is 1. The molecule has 3 rings (SSSR count). The number of hydrogen-bond acceptors (Lipinski definition) is 5. The normalized spacial score (nSPS) is 10.6. The van der Waals surface area contributed by atoms with Crippen LogP contribution in [0.2, 0.25) is 0 Å². The second kappa shape index (κ2) is 7.31. The lowest BCUT2D eigenvalue weighted by atomic mass is 10.3. The quantitative estimate of drug-likeness (QED) is 0.682. The Bertz CT molecular complexity index is 797. The molecular formula is C18H18N2O3S. The van der Waals surface area contributed by atoms with Crippen LogP contribution in [-0.2, 0) is 0 Å². The number of nitrogens with zero attached hydrogens (tertiary/aromatic N) is 2. The first-order valence-electron chi connectivity index (χ1n) is 7.60. The molecule has 5 nitrogen and oxygen atoms in total. The molecule has 3 aromatic rings. The largest absolute Gasteiger partial charge is 0.492 e. The third-order valence-electron chi connectivity index (χ3n) is 3.52. The minimum absolute atomic E-state index is 0.113. The van der Waals surface area contributed by atoms with Crippen LogP contribution < -0.4 is 4.74 Å². The zero-order valence-electron chi connectivity index (χ0n) is 13.6. The van der Waals surface area contributed by atoms with Crippen molar-refractivity contribution in [3.8, 4) is 16.5 Å². The number of hydrogen-bond donors (Lipinski definition) is 0. The summed E-state index contributed by atoms with van der Waals surface area (Å²) in [5, 5.41) is 0.717. The first kappa shape index (κ1) is 16.3. The van der Waals surface area contributed by atoms with Crippen molar-refractivity contribution in [2.24, 2.45) is 0 Å². The molecule has 1 aromatic carbocycles. The van der Waals surface area contributed by atoms with Crippen LogP contribution in [0.3, 0.4) is 0 Å². The third kappa shape index (κ3) is 3.65. The lowest BCUT2D eigenvalue weighted by molar-refractivity contribution is 0.0768. The van der Waals surface area contributed by atoms with Crippen LogP contribution in [0.15, 0.2) is 53.1 Å². The topological polar surface area (TPSA) is 55.6 Å². The van der Waals surface area contributed by atoms with Gasteiger partial charge in [0.1, 0.15) is 18.1 Å². The van der Waals surface area contributed by atoms with Crippen molar-refractivity contribution < 1.29 is 13.9 Å². The number of aromatic nitrogens is 1. The molecule has 24 heavy (non-hydrogen) atoms. The van der Waals surface area contributed by atoms with Crippen molar-refractivity contribution in [1.82, 2.24) is 9.88 Å². The third-order valence-corrected chi connectivity index (χ3v) is 4.50. The highest BCUT2D eigenvalue weighted by Crippen LogP contribution is 2.28. The Morgan fingerprint density at radius 1 is 1.25 bits per heavy atom. The molecular weight excluding hydrogens is 324 g/mol. The highest BCUT2D eigenvalue weighted by Gasteiger charge is 2.20. The Morgan fingerprint density at radius 2 is 2.04 bits per heavy atom. The van der Waals surface area contributed by atoms with Gasteiger partial charge in [-0.2, -0.15) is 0 Å². The van der Waals surface area contributed by atoms with E-state index in [4.69, 9.17) is 9.15 Å². The highest BCUT2D eigenvalue weighted by atomic mass is 32.1. The standard InChI is InChI=1S/C18H18N2O3S/c1-13-16(19-17(24-13)15-9-6-11-23-15)18(21)20(2)10-12-22-14-7-4-3-5-8-14/h3-9,11H,10,12H2,1-2H3. The van der Waals surface area contributed by atoms with Crippen LogP contribution in [0.25, 0.3) is 10.8 Å². The van der Waals surface area contributed by atoms with Crippen molar-refractivity contribution in [2.45, 2.75) is 6.92 Å². The van der Waals surface area contributed by atoms with Gasteiger partial charge in [0.2, 0.25) is 0 Å². The maximum absolute atomic E-state index is 12.6. The van der Waals surface area contributed by atoms with E-state index in [1.807, 2.05) is 43.3 Å². The van der Waals surface area contributed by atoms with Crippen LogP contribution in [0.5, 0.6) is 5.75 Å². The molecule has 0 spiro atoms. The van der Waals surface area contributed by atoms with E-state index >= 15 is 0 Å². The fourth-order valence-corrected chi connectivity index (χ4v) is 3.07. The molecule has 6 heteroatoms. The monoisotopic (exact) mass is 342 g/mol. The Balaban J connectivity index is 1.61. The molecule has 2 heterocycles. The Morgan fingerprint density at radius 3 is 2.75 bits per heavy atom. The predicted octanol–water partition coefficient (Wildman–Crippen LogP) is 3.86. The molecule has 0 aliphatic rings. The fraction of sp³-hybridized carbons (Fsp3) is 0.222. The van der Waals surface area contributed by atoms with Gasteiger partial charge in [0, 0.05) is 11.9 Å². The minimum Gasteiger partial charge on any atom is -0.492 e. The van der Waals surface area contributed by atoms with Crippen molar-refractivity contribution >= 4 is 17.2 Å². The number of rotatable bonds is 6. The maximum Gasteiger partial charge on any atom is 0.273 e. The average Bonchev–Trinajstić information content (AvgIpc) is 3.24. The van der Waals surface area contributed by atoms with Gasteiger partial charge in [-0.25, -0.2) is 4.98 Å². The summed E-state index contributed by atoms with van der Waals surface area (Å²) in [4.78, 5) is 19.5. The van der Waals surface area contributed by atoms with Crippen molar-refractivity contribution in [2.75, 3.05) is 20.2 Å². The predicted molar refractivity (Wildman–Crippen MR) is 93.5 cm³/mol. The van der Waals surface area contributed by atoms with Crippen LogP contribution in [0, 0.1) is 6.92 Å². The number of para-hydroxylation sites is 1. The lowest BCUT2D eigenvalue weighted by Gasteiger charge is -2.16. The number of likely N-dealkylation sites (N-methyl/N-ethyl adjacent to an activating group) is 1. The van der Waals surface area contributed by atoms with E-state index in [9.17, 15) is 4.79 Å². The summed E-state index contributed by atoms with van der Waals surface area (Å²) < 4.78 is 11.0. The van der Waals surface area contributed by atoms with E-state index in [-0.39, 0.29) is 5.91 Å². The van der Waals surface area contributed by atoms with Gasteiger partial charge < -0.3 is 14.1 Å². The molecule has 0 fully saturated rings. The molecule has 0 saturated carbocycles. The zero-order chi connectivity index (χ0) is 16.9. The highest BCUT2D eigenvalue weighted by molar-refractivity contribution is 7.15. The van der Waals surface area contributed by atoms with Crippen LogP contribution >= 0.6 is 11.3 Å². The summed E-state index contributed by atoms with van der Waals surface area (Å²) in [6, 6.07) is 13.2.